The van der Waals surface area contributed by atoms with E-state index in [0.29, 0.717) is 6.61 Å². The zero-order valence-corrected chi connectivity index (χ0v) is 11.1. The van der Waals surface area contributed by atoms with Gasteiger partial charge in [0.1, 0.15) is 11.0 Å². The first-order valence-electron chi connectivity index (χ1n) is 6.02. The molecule has 1 atom stereocenters. The van der Waals surface area contributed by atoms with Crippen molar-refractivity contribution in [2.45, 2.75) is 39.3 Å². The molecule has 0 N–H and O–H groups in total. The fourth-order valence-corrected chi connectivity index (χ4v) is 2.97. The van der Waals surface area contributed by atoms with Crippen LogP contribution in [-0.4, -0.2) is 35.0 Å². The predicted molar refractivity (Wildman–Crippen MR) is 66.9 cm³/mol. The number of hydrogen-bond acceptors (Lipinski definition) is 5. The van der Waals surface area contributed by atoms with Crippen molar-refractivity contribution in [3.05, 3.63) is 16.1 Å². The van der Waals surface area contributed by atoms with Crippen molar-refractivity contribution >= 4 is 17.3 Å². The molecule has 2 rings (SSSR count). The highest BCUT2D eigenvalue weighted by Gasteiger charge is 2.32. The van der Waals surface area contributed by atoms with Gasteiger partial charge in [-0.3, -0.25) is 9.69 Å². The lowest BCUT2D eigenvalue weighted by atomic mass is 10.2. The summed E-state index contributed by atoms with van der Waals surface area (Å²) in [5, 5.41) is 3.13. The van der Waals surface area contributed by atoms with Crippen LogP contribution in [0.2, 0.25) is 0 Å². The summed E-state index contributed by atoms with van der Waals surface area (Å²) in [5.74, 6) is -0.0849. The van der Waals surface area contributed by atoms with E-state index in [1.165, 1.54) is 0 Å². The van der Waals surface area contributed by atoms with Crippen molar-refractivity contribution in [1.29, 1.82) is 0 Å². The lowest BCUT2D eigenvalue weighted by molar-refractivity contribution is -0.148. The number of esters is 1. The fraction of sp³-hybridized carbons (Fsp3) is 0.667. The lowest BCUT2D eigenvalue weighted by Crippen LogP contribution is -2.36. The van der Waals surface area contributed by atoms with Crippen molar-refractivity contribution in [2.24, 2.45) is 0 Å². The molecule has 1 fully saturated rings. The molecule has 1 unspecified atom stereocenters. The lowest BCUT2D eigenvalue weighted by Gasteiger charge is -2.21. The Balaban J connectivity index is 1.97. The summed E-state index contributed by atoms with van der Waals surface area (Å²) in [7, 11) is 0. The molecule has 0 spiro atoms. The van der Waals surface area contributed by atoms with Crippen LogP contribution in [0.5, 0.6) is 0 Å². The number of aromatic nitrogens is 1. The molecule has 0 amide bonds. The molecule has 4 nitrogen and oxygen atoms in total. The number of carbonyl (C=O) groups is 1. The molecule has 5 heteroatoms. The largest absolute Gasteiger partial charge is 0.465 e. The zero-order valence-electron chi connectivity index (χ0n) is 10.3. The number of nitrogens with zero attached hydrogens (tertiary/aromatic N) is 2. The second-order valence-electron chi connectivity index (χ2n) is 4.26. The normalized spacial score (nSPS) is 20.7. The van der Waals surface area contributed by atoms with Gasteiger partial charge in [0.2, 0.25) is 0 Å². The van der Waals surface area contributed by atoms with Crippen LogP contribution in [0, 0.1) is 6.92 Å². The summed E-state index contributed by atoms with van der Waals surface area (Å²) in [6.45, 7) is 6.03. The maximum atomic E-state index is 11.8. The molecule has 1 saturated heterocycles. The maximum absolute atomic E-state index is 11.8. The molecule has 0 aliphatic carbocycles. The summed E-state index contributed by atoms with van der Waals surface area (Å²) in [6.07, 6.45) is 1.97. The molecule has 1 aliphatic heterocycles. The summed E-state index contributed by atoms with van der Waals surface area (Å²) >= 11 is 1.66. The molecular weight excluding hydrogens is 236 g/mol. The van der Waals surface area contributed by atoms with Crippen molar-refractivity contribution in [2.75, 3.05) is 13.2 Å². The number of carbonyl (C=O) groups excluding carboxylic acids is 1. The molecule has 17 heavy (non-hydrogen) atoms. The zero-order chi connectivity index (χ0) is 12.3. The highest BCUT2D eigenvalue weighted by molar-refractivity contribution is 7.09. The molecule has 0 radical (unpaired) electrons. The molecule has 0 aromatic carbocycles. The summed E-state index contributed by atoms with van der Waals surface area (Å²) in [5.41, 5.74) is 1.05. The minimum absolute atomic E-state index is 0.0702. The Bertz CT molecular complexity index is 392. The number of aryl methyl sites for hydroxylation is 1. The van der Waals surface area contributed by atoms with Crippen LogP contribution in [-0.2, 0) is 16.1 Å². The second kappa shape index (κ2) is 5.60. The molecule has 94 valence electrons. The van der Waals surface area contributed by atoms with Gasteiger partial charge in [-0.15, -0.1) is 11.3 Å². The minimum Gasteiger partial charge on any atom is -0.465 e. The van der Waals surface area contributed by atoms with Crippen LogP contribution in [0.15, 0.2) is 5.38 Å². The van der Waals surface area contributed by atoms with E-state index in [1.54, 1.807) is 11.3 Å². The standard InChI is InChI=1S/C12H18N2O2S/c1-3-16-12(15)10-5-4-6-14(10)7-11-13-9(2)8-17-11/h8,10H,3-7H2,1-2H3. The average molecular weight is 254 g/mol. The van der Waals surface area contributed by atoms with E-state index in [9.17, 15) is 4.79 Å². The van der Waals surface area contributed by atoms with Gasteiger partial charge in [0.05, 0.1) is 13.2 Å². The SMILES string of the molecule is CCOC(=O)C1CCCN1Cc1nc(C)cs1. The first-order valence-corrected chi connectivity index (χ1v) is 6.90. The van der Waals surface area contributed by atoms with Crippen LogP contribution in [0.3, 0.4) is 0 Å². The Morgan fingerprint density at radius 3 is 3.18 bits per heavy atom. The van der Waals surface area contributed by atoms with Gasteiger partial charge in [-0.1, -0.05) is 0 Å². The molecular formula is C12H18N2O2S. The summed E-state index contributed by atoms with van der Waals surface area (Å²) in [6, 6.07) is -0.0702. The first-order chi connectivity index (χ1) is 8.20. The van der Waals surface area contributed by atoms with Crippen molar-refractivity contribution in [3.63, 3.8) is 0 Å². The van der Waals surface area contributed by atoms with E-state index in [2.05, 4.69) is 9.88 Å². The van der Waals surface area contributed by atoms with E-state index in [4.69, 9.17) is 4.74 Å². The topological polar surface area (TPSA) is 42.4 Å². The Morgan fingerprint density at radius 2 is 2.53 bits per heavy atom. The fourth-order valence-electron chi connectivity index (χ4n) is 2.17. The number of likely N-dealkylation sites (tertiary alicyclic amines) is 1. The Hall–Kier alpha value is -0.940. The second-order valence-corrected chi connectivity index (χ2v) is 5.21. The Kier molecular flexibility index (Phi) is 4.12. The highest BCUT2D eigenvalue weighted by atomic mass is 32.1. The van der Waals surface area contributed by atoms with Crippen LogP contribution >= 0.6 is 11.3 Å². The van der Waals surface area contributed by atoms with Crippen molar-refractivity contribution in [3.8, 4) is 0 Å². The van der Waals surface area contributed by atoms with Gasteiger partial charge in [-0.05, 0) is 33.2 Å². The number of rotatable bonds is 4. The summed E-state index contributed by atoms with van der Waals surface area (Å²) in [4.78, 5) is 18.4. The van der Waals surface area contributed by atoms with Crippen LogP contribution in [0.1, 0.15) is 30.5 Å². The van der Waals surface area contributed by atoms with Gasteiger partial charge in [-0.2, -0.15) is 0 Å². The molecule has 1 aromatic heterocycles. The third kappa shape index (κ3) is 3.04. The molecule has 1 aromatic rings. The van der Waals surface area contributed by atoms with Crippen LogP contribution in [0.4, 0.5) is 0 Å². The quantitative estimate of drug-likeness (QED) is 0.771. The Labute approximate surface area is 106 Å². The van der Waals surface area contributed by atoms with Crippen molar-refractivity contribution in [1.82, 2.24) is 9.88 Å². The van der Waals surface area contributed by atoms with Gasteiger partial charge in [0.25, 0.3) is 0 Å². The van der Waals surface area contributed by atoms with E-state index in [0.717, 1.165) is 36.6 Å². The predicted octanol–water partition coefficient (Wildman–Crippen LogP) is 1.98. The summed E-state index contributed by atoms with van der Waals surface area (Å²) < 4.78 is 5.10. The molecule has 0 bridgehead atoms. The smallest absolute Gasteiger partial charge is 0.323 e. The third-order valence-corrected chi connectivity index (χ3v) is 3.88. The minimum atomic E-state index is -0.0849. The van der Waals surface area contributed by atoms with E-state index < -0.39 is 0 Å². The number of hydrogen-bond donors (Lipinski definition) is 0. The van der Waals surface area contributed by atoms with E-state index in [1.807, 2.05) is 19.2 Å². The molecule has 0 saturated carbocycles. The average Bonchev–Trinajstić information content (AvgIpc) is 2.89. The van der Waals surface area contributed by atoms with Gasteiger partial charge >= 0.3 is 5.97 Å². The third-order valence-electron chi connectivity index (χ3n) is 2.93. The number of thiazole rings is 1. The molecule has 1 aliphatic rings. The van der Waals surface area contributed by atoms with Crippen LogP contribution < -0.4 is 0 Å². The first kappa shape index (κ1) is 12.5. The van der Waals surface area contributed by atoms with Gasteiger partial charge < -0.3 is 4.74 Å². The van der Waals surface area contributed by atoms with Gasteiger partial charge in [0.15, 0.2) is 0 Å². The monoisotopic (exact) mass is 254 g/mol. The van der Waals surface area contributed by atoms with Crippen molar-refractivity contribution < 1.29 is 9.53 Å². The molecule has 2 heterocycles. The highest BCUT2D eigenvalue weighted by Crippen LogP contribution is 2.22. The van der Waals surface area contributed by atoms with Crippen LogP contribution in [0.25, 0.3) is 0 Å². The van der Waals surface area contributed by atoms with Gasteiger partial charge in [-0.25, -0.2) is 4.98 Å². The Morgan fingerprint density at radius 1 is 1.71 bits per heavy atom. The van der Waals surface area contributed by atoms with Gasteiger partial charge in [0, 0.05) is 11.1 Å². The van der Waals surface area contributed by atoms with E-state index in [-0.39, 0.29) is 12.0 Å². The number of ether oxygens (including phenoxy) is 1. The maximum Gasteiger partial charge on any atom is 0.323 e. The van der Waals surface area contributed by atoms with E-state index >= 15 is 0 Å².